The van der Waals surface area contributed by atoms with Gasteiger partial charge in [0.15, 0.2) is 0 Å². The van der Waals surface area contributed by atoms with E-state index in [-0.39, 0.29) is 22.8 Å². The molecule has 2 rings (SSSR count). The summed E-state index contributed by atoms with van der Waals surface area (Å²) < 4.78 is 18.5. The zero-order chi connectivity index (χ0) is 15.5. The highest BCUT2D eigenvalue weighted by molar-refractivity contribution is 7.80. The largest absolute Gasteiger partial charge is 0.392 e. The van der Waals surface area contributed by atoms with Crippen molar-refractivity contribution in [3.05, 3.63) is 35.6 Å². The van der Waals surface area contributed by atoms with Crippen LogP contribution in [0.3, 0.4) is 0 Å². The molecule has 1 aliphatic rings. The second-order valence-corrected chi connectivity index (χ2v) is 5.75. The standard InChI is InChI=1S/C15H19FN2O2S/c1-10(11-3-2-4-12(16)9-11)18-14(19)15(13(17)21)5-7-20-8-6-15/h2-4,9-10H,5-8H2,1H3,(H2,17,21)(H,18,19). The number of amides is 1. The van der Waals surface area contributed by atoms with Crippen LogP contribution < -0.4 is 11.1 Å². The number of nitrogens with one attached hydrogen (secondary N) is 1. The maximum atomic E-state index is 13.3. The van der Waals surface area contributed by atoms with E-state index in [1.54, 1.807) is 19.1 Å². The molecule has 6 heteroatoms. The lowest BCUT2D eigenvalue weighted by molar-refractivity contribution is -0.132. The van der Waals surface area contributed by atoms with Crippen molar-refractivity contribution in [2.45, 2.75) is 25.8 Å². The molecule has 1 heterocycles. The Morgan fingerprint density at radius 1 is 1.48 bits per heavy atom. The van der Waals surface area contributed by atoms with Gasteiger partial charge in [0.05, 0.1) is 11.0 Å². The highest BCUT2D eigenvalue weighted by Crippen LogP contribution is 2.32. The summed E-state index contributed by atoms with van der Waals surface area (Å²) in [6, 6.07) is 5.84. The molecule has 0 aromatic heterocycles. The van der Waals surface area contributed by atoms with Gasteiger partial charge in [-0.1, -0.05) is 24.4 Å². The molecule has 1 aliphatic heterocycles. The predicted molar refractivity (Wildman–Crippen MR) is 82.2 cm³/mol. The first-order chi connectivity index (χ1) is 9.95. The lowest BCUT2D eigenvalue weighted by Gasteiger charge is -2.35. The third kappa shape index (κ3) is 3.39. The molecule has 4 nitrogen and oxygen atoms in total. The van der Waals surface area contributed by atoms with Crippen LogP contribution >= 0.6 is 12.2 Å². The molecule has 0 spiro atoms. The van der Waals surface area contributed by atoms with Crippen LogP contribution in [0.2, 0.25) is 0 Å². The number of hydrogen-bond acceptors (Lipinski definition) is 3. The summed E-state index contributed by atoms with van der Waals surface area (Å²) in [5.74, 6) is -0.543. The first kappa shape index (κ1) is 15.9. The Bertz CT molecular complexity index is 544. The van der Waals surface area contributed by atoms with Gasteiger partial charge >= 0.3 is 0 Å². The fourth-order valence-corrected chi connectivity index (χ4v) is 2.80. The van der Waals surface area contributed by atoms with Gasteiger partial charge < -0.3 is 15.8 Å². The van der Waals surface area contributed by atoms with Crippen molar-refractivity contribution in [1.29, 1.82) is 0 Å². The number of carbonyl (C=O) groups is 1. The Morgan fingerprint density at radius 3 is 2.71 bits per heavy atom. The van der Waals surface area contributed by atoms with Crippen molar-refractivity contribution in [3.63, 3.8) is 0 Å². The fraction of sp³-hybridized carbons (Fsp3) is 0.467. The van der Waals surface area contributed by atoms with Crippen LogP contribution in [-0.4, -0.2) is 24.1 Å². The number of rotatable bonds is 4. The average molecular weight is 310 g/mol. The molecule has 1 amide bonds. The first-order valence-electron chi connectivity index (χ1n) is 6.90. The summed E-state index contributed by atoms with van der Waals surface area (Å²) in [5.41, 5.74) is 5.63. The van der Waals surface area contributed by atoms with Crippen LogP contribution in [0.1, 0.15) is 31.4 Å². The number of nitrogens with two attached hydrogens (primary N) is 1. The Labute approximate surface area is 128 Å². The zero-order valence-electron chi connectivity index (χ0n) is 11.9. The summed E-state index contributed by atoms with van der Waals surface area (Å²) in [7, 11) is 0. The Kier molecular flexibility index (Phi) is 4.90. The fourth-order valence-electron chi connectivity index (χ4n) is 2.50. The lowest BCUT2D eigenvalue weighted by Crippen LogP contribution is -2.52. The topological polar surface area (TPSA) is 64.4 Å². The van der Waals surface area contributed by atoms with Gasteiger partial charge in [-0.25, -0.2) is 4.39 Å². The van der Waals surface area contributed by atoms with Crippen molar-refractivity contribution in [2.24, 2.45) is 11.1 Å². The predicted octanol–water partition coefficient (Wildman–Crippen LogP) is 2.09. The molecule has 0 saturated carbocycles. The molecule has 1 fully saturated rings. The van der Waals surface area contributed by atoms with E-state index in [1.165, 1.54) is 12.1 Å². The smallest absolute Gasteiger partial charge is 0.233 e. The molecule has 1 aromatic rings. The molecule has 21 heavy (non-hydrogen) atoms. The molecular weight excluding hydrogens is 291 g/mol. The maximum absolute atomic E-state index is 13.3. The molecule has 1 atom stereocenters. The summed E-state index contributed by atoms with van der Waals surface area (Å²) in [6.45, 7) is 2.72. The van der Waals surface area contributed by atoms with Crippen LogP contribution in [-0.2, 0) is 9.53 Å². The second-order valence-electron chi connectivity index (χ2n) is 5.31. The van der Waals surface area contributed by atoms with Crippen molar-refractivity contribution in [3.8, 4) is 0 Å². The normalized spacial score (nSPS) is 18.8. The quantitative estimate of drug-likeness (QED) is 0.836. The Hall–Kier alpha value is -1.53. The van der Waals surface area contributed by atoms with Gasteiger partial charge in [0.25, 0.3) is 0 Å². The molecule has 0 aliphatic carbocycles. The van der Waals surface area contributed by atoms with E-state index in [9.17, 15) is 9.18 Å². The van der Waals surface area contributed by atoms with Crippen LogP contribution in [0.5, 0.6) is 0 Å². The minimum Gasteiger partial charge on any atom is -0.392 e. The number of halogens is 1. The highest BCUT2D eigenvalue weighted by Gasteiger charge is 2.43. The Morgan fingerprint density at radius 2 is 2.14 bits per heavy atom. The van der Waals surface area contributed by atoms with Gasteiger partial charge in [-0.3, -0.25) is 4.79 Å². The molecule has 114 valence electrons. The third-order valence-corrected chi connectivity index (χ3v) is 4.34. The first-order valence-corrected chi connectivity index (χ1v) is 7.30. The van der Waals surface area contributed by atoms with Crippen LogP contribution in [0.4, 0.5) is 4.39 Å². The van der Waals surface area contributed by atoms with Crippen molar-refractivity contribution < 1.29 is 13.9 Å². The molecule has 1 saturated heterocycles. The average Bonchev–Trinajstić information content (AvgIpc) is 2.47. The highest BCUT2D eigenvalue weighted by atomic mass is 32.1. The number of ether oxygens (including phenoxy) is 1. The van der Waals surface area contributed by atoms with Crippen molar-refractivity contribution >= 4 is 23.1 Å². The zero-order valence-corrected chi connectivity index (χ0v) is 12.7. The molecule has 0 bridgehead atoms. The molecule has 1 aromatic carbocycles. The Balaban J connectivity index is 2.13. The second kappa shape index (κ2) is 6.49. The number of hydrogen-bond donors (Lipinski definition) is 2. The summed E-state index contributed by atoms with van der Waals surface area (Å²) in [5, 5.41) is 2.89. The van der Waals surface area contributed by atoms with Gasteiger partial charge in [-0.2, -0.15) is 0 Å². The van der Waals surface area contributed by atoms with E-state index in [1.807, 2.05) is 0 Å². The summed E-state index contributed by atoms with van der Waals surface area (Å²) in [4.78, 5) is 12.8. The minimum atomic E-state index is -0.866. The van der Waals surface area contributed by atoms with E-state index in [0.29, 0.717) is 31.6 Å². The van der Waals surface area contributed by atoms with Gasteiger partial charge in [-0.15, -0.1) is 0 Å². The van der Waals surface area contributed by atoms with Crippen LogP contribution in [0, 0.1) is 11.2 Å². The number of carbonyl (C=O) groups excluding carboxylic acids is 1. The van der Waals surface area contributed by atoms with Gasteiger partial charge in [0, 0.05) is 13.2 Å². The van der Waals surface area contributed by atoms with E-state index in [0.717, 1.165) is 0 Å². The number of thiocarbonyl (C=S) groups is 1. The monoisotopic (exact) mass is 310 g/mol. The molecule has 3 N–H and O–H groups in total. The van der Waals surface area contributed by atoms with Gasteiger partial charge in [-0.05, 0) is 37.5 Å². The van der Waals surface area contributed by atoms with Crippen molar-refractivity contribution in [1.82, 2.24) is 5.32 Å². The third-order valence-electron chi connectivity index (χ3n) is 3.95. The van der Waals surface area contributed by atoms with Gasteiger partial charge in [0.2, 0.25) is 5.91 Å². The van der Waals surface area contributed by atoms with Crippen molar-refractivity contribution in [2.75, 3.05) is 13.2 Å². The number of benzene rings is 1. The van der Waals surface area contributed by atoms with E-state index in [2.05, 4.69) is 5.32 Å². The summed E-state index contributed by atoms with van der Waals surface area (Å²) in [6.07, 6.45) is 0.952. The molecular formula is C15H19FN2O2S. The minimum absolute atomic E-state index is 0.190. The van der Waals surface area contributed by atoms with Crippen LogP contribution in [0.25, 0.3) is 0 Å². The lowest BCUT2D eigenvalue weighted by atomic mass is 9.79. The van der Waals surface area contributed by atoms with E-state index in [4.69, 9.17) is 22.7 Å². The maximum Gasteiger partial charge on any atom is 0.233 e. The molecule has 0 radical (unpaired) electrons. The molecule has 1 unspecified atom stereocenters. The van der Waals surface area contributed by atoms with E-state index >= 15 is 0 Å². The SMILES string of the molecule is CC(NC(=O)C1(C(N)=S)CCOCC1)c1cccc(F)c1. The van der Waals surface area contributed by atoms with Crippen LogP contribution in [0.15, 0.2) is 24.3 Å². The summed E-state index contributed by atoms with van der Waals surface area (Å²) >= 11 is 5.10. The van der Waals surface area contributed by atoms with E-state index < -0.39 is 5.41 Å². The van der Waals surface area contributed by atoms with Gasteiger partial charge in [0.1, 0.15) is 11.2 Å².